The van der Waals surface area contributed by atoms with Gasteiger partial charge in [-0.1, -0.05) is 12.1 Å². The molecule has 110 valence electrons. The molecule has 0 saturated heterocycles. The Hall–Kier alpha value is -2.43. The molecule has 2 rings (SSSR count). The molecule has 0 aliphatic rings. The second kappa shape index (κ2) is 6.35. The molecule has 3 nitrogen and oxygen atoms in total. The molecule has 1 atom stereocenters. The summed E-state index contributed by atoms with van der Waals surface area (Å²) in [6.07, 6.45) is 0. The van der Waals surface area contributed by atoms with E-state index in [9.17, 15) is 13.6 Å². The molecule has 0 fully saturated rings. The monoisotopic (exact) mass is 291 g/mol. The number of hydrogen-bond acceptors (Lipinski definition) is 3. The van der Waals surface area contributed by atoms with E-state index in [4.69, 9.17) is 4.74 Å². The minimum Gasteiger partial charge on any atom is -0.467 e. The van der Waals surface area contributed by atoms with Gasteiger partial charge in [-0.3, -0.25) is 0 Å². The van der Waals surface area contributed by atoms with Gasteiger partial charge in [0.2, 0.25) is 0 Å². The summed E-state index contributed by atoms with van der Waals surface area (Å²) in [4.78, 5) is 11.9. The summed E-state index contributed by atoms with van der Waals surface area (Å²) in [7, 11) is 1.26. The number of benzene rings is 2. The molecule has 0 amide bonds. The Bertz CT molecular complexity index is 621. The van der Waals surface area contributed by atoms with Crippen molar-refractivity contribution in [1.29, 1.82) is 0 Å². The first-order valence-electron chi connectivity index (χ1n) is 6.36. The fourth-order valence-corrected chi connectivity index (χ4v) is 2.04. The third-order valence-corrected chi connectivity index (χ3v) is 2.99. The normalized spacial score (nSPS) is 11.8. The van der Waals surface area contributed by atoms with Crippen LogP contribution < -0.4 is 5.32 Å². The SMILES string of the molecule is COC(=O)C(Nc1cc(C)cc(F)c1)c1ccc(F)cc1. The molecular weight excluding hydrogens is 276 g/mol. The number of methoxy groups -OCH3 is 1. The minimum absolute atomic E-state index is 0.399. The lowest BCUT2D eigenvalue weighted by Crippen LogP contribution is -2.22. The van der Waals surface area contributed by atoms with Crippen molar-refractivity contribution in [3.8, 4) is 0 Å². The number of ether oxygens (including phenoxy) is 1. The molecule has 0 aliphatic carbocycles. The smallest absolute Gasteiger partial charge is 0.332 e. The standard InChI is InChI=1S/C16H15F2NO2/c1-10-7-13(18)9-14(8-10)19-15(16(20)21-2)11-3-5-12(17)6-4-11/h3-9,15,19H,1-2H3. The van der Waals surface area contributed by atoms with Crippen molar-refractivity contribution >= 4 is 11.7 Å². The van der Waals surface area contributed by atoms with Crippen LogP contribution in [0.25, 0.3) is 0 Å². The Morgan fingerprint density at radius 3 is 2.33 bits per heavy atom. The van der Waals surface area contributed by atoms with E-state index in [2.05, 4.69) is 5.32 Å². The maximum Gasteiger partial charge on any atom is 0.332 e. The van der Waals surface area contributed by atoms with Crippen molar-refractivity contribution in [2.75, 3.05) is 12.4 Å². The maximum atomic E-state index is 13.4. The lowest BCUT2D eigenvalue weighted by molar-refractivity contribution is -0.141. The third kappa shape index (κ3) is 3.78. The van der Waals surface area contributed by atoms with Crippen LogP contribution in [-0.4, -0.2) is 13.1 Å². The van der Waals surface area contributed by atoms with Gasteiger partial charge in [0, 0.05) is 5.69 Å². The van der Waals surface area contributed by atoms with Crippen molar-refractivity contribution in [3.63, 3.8) is 0 Å². The first kappa shape index (κ1) is 15.0. The number of esters is 1. The second-order valence-electron chi connectivity index (χ2n) is 4.67. The van der Waals surface area contributed by atoms with Gasteiger partial charge in [-0.05, 0) is 48.4 Å². The van der Waals surface area contributed by atoms with Crippen LogP contribution in [0.4, 0.5) is 14.5 Å². The van der Waals surface area contributed by atoms with Crippen LogP contribution in [0.1, 0.15) is 17.2 Å². The summed E-state index contributed by atoms with van der Waals surface area (Å²) in [5.41, 5.74) is 1.71. The number of carbonyl (C=O) groups is 1. The summed E-state index contributed by atoms with van der Waals surface area (Å²) in [6, 6.07) is 9.02. The van der Waals surface area contributed by atoms with Gasteiger partial charge in [-0.15, -0.1) is 0 Å². The molecule has 1 N–H and O–H groups in total. The van der Waals surface area contributed by atoms with E-state index in [0.29, 0.717) is 11.3 Å². The van der Waals surface area contributed by atoms with Gasteiger partial charge < -0.3 is 10.1 Å². The van der Waals surface area contributed by atoms with Crippen LogP contribution >= 0.6 is 0 Å². The second-order valence-corrected chi connectivity index (χ2v) is 4.67. The molecule has 21 heavy (non-hydrogen) atoms. The Morgan fingerprint density at radius 1 is 1.10 bits per heavy atom. The number of carbonyl (C=O) groups excluding carboxylic acids is 1. The van der Waals surface area contributed by atoms with Gasteiger partial charge in [0.05, 0.1) is 7.11 Å². The van der Waals surface area contributed by atoms with Crippen molar-refractivity contribution in [3.05, 3.63) is 65.2 Å². The molecule has 2 aromatic rings. The van der Waals surface area contributed by atoms with Crippen LogP contribution in [0, 0.1) is 18.6 Å². The summed E-state index contributed by atoms with van der Waals surface area (Å²) in [5.74, 6) is -1.34. The van der Waals surface area contributed by atoms with E-state index in [1.54, 1.807) is 13.0 Å². The van der Waals surface area contributed by atoms with E-state index in [1.807, 2.05) is 0 Å². The maximum absolute atomic E-state index is 13.4. The average Bonchev–Trinajstić information content (AvgIpc) is 2.44. The van der Waals surface area contributed by atoms with Crippen molar-refractivity contribution < 1.29 is 18.3 Å². The number of rotatable bonds is 4. The molecule has 0 bridgehead atoms. The predicted molar refractivity (Wildman–Crippen MR) is 75.9 cm³/mol. The van der Waals surface area contributed by atoms with Gasteiger partial charge in [0.25, 0.3) is 0 Å². The van der Waals surface area contributed by atoms with Gasteiger partial charge in [0.1, 0.15) is 11.6 Å². The van der Waals surface area contributed by atoms with Crippen LogP contribution in [0.2, 0.25) is 0 Å². The predicted octanol–water partition coefficient (Wildman–Crippen LogP) is 3.60. The lowest BCUT2D eigenvalue weighted by Gasteiger charge is -2.18. The van der Waals surface area contributed by atoms with Crippen molar-refractivity contribution in [2.45, 2.75) is 13.0 Å². The molecule has 0 saturated carbocycles. The van der Waals surface area contributed by atoms with Crippen LogP contribution in [0.3, 0.4) is 0 Å². The molecule has 5 heteroatoms. The zero-order chi connectivity index (χ0) is 15.4. The number of hydrogen-bond donors (Lipinski definition) is 1. The highest BCUT2D eigenvalue weighted by Crippen LogP contribution is 2.23. The fourth-order valence-electron chi connectivity index (χ4n) is 2.04. The summed E-state index contributed by atoms with van der Waals surface area (Å²) in [6.45, 7) is 1.75. The minimum atomic E-state index is -0.836. The van der Waals surface area contributed by atoms with E-state index in [0.717, 1.165) is 5.56 Å². The molecule has 1 unspecified atom stereocenters. The number of halogens is 2. The molecule has 0 spiro atoms. The zero-order valence-electron chi connectivity index (χ0n) is 11.7. The van der Waals surface area contributed by atoms with E-state index < -0.39 is 23.6 Å². The zero-order valence-corrected chi connectivity index (χ0v) is 11.7. The molecule has 0 aromatic heterocycles. The van der Waals surface area contributed by atoms with Crippen LogP contribution in [-0.2, 0) is 9.53 Å². The highest BCUT2D eigenvalue weighted by Gasteiger charge is 2.21. The topological polar surface area (TPSA) is 38.3 Å². The number of nitrogens with one attached hydrogen (secondary N) is 1. The molecule has 2 aromatic carbocycles. The van der Waals surface area contributed by atoms with Crippen molar-refractivity contribution in [2.24, 2.45) is 0 Å². The summed E-state index contributed by atoms with van der Waals surface area (Å²) >= 11 is 0. The number of anilines is 1. The van der Waals surface area contributed by atoms with Gasteiger partial charge >= 0.3 is 5.97 Å². The van der Waals surface area contributed by atoms with Crippen LogP contribution in [0.5, 0.6) is 0 Å². The summed E-state index contributed by atoms with van der Waals surface area (Å²) < 4.78 is 31.1. The first-order valence-corrected chi connectivity index (χ1v) is 6.36. The highest BCUT2D eigenvalue weighted by molar-refractivity contribution is 5.81. The van der Waals surface area contributed by atoms with Crippen molar-refractivity contribution in [1.82, 2.24) is 0 Å². The van der Waals surface area contributed by atoms with Gasteiger partial charge in [-0.2, -0.15) is 0 Å². The number of aryl methyl sites for hydroxylation is 1. The molecule has 0 heterocycles. The van der Waals surface area contributed by atoms with E-state index in [1.165, 1.54) is 43.5 Å². The first-order chi connectivity index (χ1) is 9.99. The van der Waals surface area contributed by atoms with Gasteiger partial charge in [0.15, 0.2) is 6.04 Å². The Morgan fingerprint density at radius 2 is 1.76 bits per heavy atom. The Labute approximate surface area is 121 Å². The quantitative estimate of drug-likeness (QED) is 0.875. The fraction of sp³-hybridized carbons (Fsp3) is 0.188. The van der Waals surface area contributed by atoms with E-state index in [-0.39, 0.29) is 0 Å². The lowest BCUT2D eigenvalue weighted by atomic mass is 10.1. The molecule has 0 aliphatic heterocycles. The average molecular weight is 291 g/mol. The third-order valence-electron chi connectivity index (χ3n) is 2.99. The van der Waals surface area contributed by atoms with Gasteiger partial charge in [-0.25, -0.2) is 13.6 Å². The highest BCUT2D eigenvalue weighted by atomic mass is 19.1. The Kier molecular flexibility index (Phi) is 4.52. The van der Waals surface area contributed by atoms with Crippen LogP contribution in [0.15, 0.2) is 42.5 Å². The Balaban J connectivity index is 2.32. The van der Waals surface area contributed by atoms with E-state index >= 15 is 0 Å². The summed E-state index contributed by atoms with van der Waals surface area (Å²) in [5, 5.41) is 2.91. The molecule has 0 radical (unpaired) electrons. The molecular formula is C16H15F2NO2. The largest absolute Gasteiger partial charge is 0.467 e.